The Bertz CT molecular complexity index is 724. The first kappa shape index (κ1) is 20.7. The van der Waals surface area contributed by atoms with Gasteiger partial charge in [-0.1, -0.05) is 34.7 Å². The van der Waals surface area contributed by atoms with Gasteiger partial charge in [0.2, 0.25) is 5.72 Å². The minimum Gasteiger partial charge on any atom is -0.384 e. The molecular formula is C17H23IN2O7. The van der Waals surface area contributed by atoms with E-state index in [0.29, 0.717) is 0 Å². The quantitative estimate of drug-likeness (QED) is 0.401. The molecule has 4 N–H and O–H groups in total. The van der Waals surface area contributed by atoms with Gasteiger partial charge in [-0.15, -0.1) is 0 Å². The lowest BCUT2D eigenvalue weighted by Gasteiger charge is -2.50. The van der Waals surface area contributed by atoms with Crippen LogP contribution in [0, 0.1) is 0 Å². The summed E-state index contributed by atoms with van der Waals surface area (Å²) in [5.74, 6) is -2.72. The summed E-state index contributed by atoms with van der Waals surface area (Å²) in [6.07, 6.45) is 1.78. The van der Waals surface area contributed by atoms with Crippen molar-refractivity contribution in [3.05, 3.63) is 21.8 Å². The predicted molar refractivity (Wildman–Crippen MR) is 101 cm³/mol. The topological polar surface area (TPSA) is 126 Å². The number of allylic oxidation sites excluding steroid dienone is 2. The van der Waals surface area contributed by atoms with Crippen molar-refractivity contribution in [3.63, 3.8) is 0 Å². The predicted octanol–water partition coefficient (Wildman–Crippen LogP) is -0.185. The van der Waals surface area contributed by atoms with Crippen LogP contribution in [0.3, 0.4) is 0 Å². The normalized spacial score (nSPS) is 41.3. The van der Waals surface area contributed by atoms with E-state index in [9.17, 15) is 19.8 Å². The monoisotopic (exact) mass is 494 g/mol. The van der Waals surface area contributed by atoms with E-state index in [1.54, 1.807) is 37.0 Å². The maximum Gasteiger partial charge on any atom is 0.280 e. The van der Waals surface area contributed by atoms with Crippen LogP contribution in [0.15, 0.2) is 21.8 Å². The zero-order valence-corrected chi connectivity index (χ0v) is 17.4. The summed E-state index contributed by atoms with van der Waals surface area (Å²) in [7, 11) is 0. The number of nitrogens with one attached hydrogen (secondary N) is 2. The Hall–Kier alpha value is -1.05. The molecule has 0 aromatic rings. The minimum atomic E-state index is -2.21. The number of amides is 2. The molecule has 0 aromatic carbocycles. The zero-order valence-electron chi connectivity index (χ0n) is 15.2. The van der Waals surface area contributed by atoms with Crippen LogP contribution in [0.4, 0.5) is 0 Å². The SMILES string of the molecule is CC1(C)OC[C@@](C)([C@H](O)[C@@]23NC(=O)[C@@](O)(NC2=O)/C(=C/C=C/I)CCO3)O1. The van der Waals surface area contributed by atoms with E-state index < -0.39 is 40.8 Å². The van der Waals surface area contributed by atoms with Crippen molar-refractivity contribution in [3.8, 4) is 0 Å². The van der Waals surface area contributed by atoms with Crippen LogP contribution in [-0.4, -0.2) is 64.2 Å². The van der Waals surface area contributed by atoms with Crippen LogP contribution in [-0.2, 0) is 23.8 Å². The third-order valence-electron chi connectivity index (χ3n) is 4.94. The van der Waals surface area contributed by atoms with Gasteiger partial charge in [-0.05, 0) is 36.8 Å². The second-order valence-corrected chi connectivity index (χ2v) is 8.19. The molecule has 4 saturated heterocycles. The molecule has 0 aliphatic carbocycles. The molecule has 4 heterocycles. The summed E-state index contributed by atoms with van der Waals surface area (Å²) in [6, 6.07) is 0. The molecule has 0 saturated carbocycles. The van der Waals surface area contributed by atoms with Crippen LogP contribution in [0.25, 0.3) is 0 Å². The molecule has 4 aliphatic heterocycles. The van der Waals surface area contributed by atoms with E-state index in [0.717, 1.165) is 0 Å². The van der Waals surface area contributed by atoms with Crippen LogP contribution in [0.2, 0.25) is 0 Å². The maximum atomic E-state index is 12.9. The van der Waals surface area contributed by atoms with Crippen LogP contribution in [0.5, 0.6) is 0 Å². The van der Waals surface area contributed by atoms with Crippen molar-refractivity contribution in [1.82, 2.24) is 10.6 Å². The Balaban J connectivity index is 1.97. The molecule has 2 amide bonds. The van der Waals surface area contributed by atoms with E-state index in [-0.39, 0.29) is 25.2 Å². The first-order valence-electron chi connectivity index (χ1n) is 8.49. The van der Waals surface area contributed by atoms with Gasteiger partial charge in [0.1, 0.15) is 11.7 Å². The van der Waals surface area contributed by atoms with Gasteiger partial charge in [0.25, 0.3) is 17.5 Å². The molecule has 150 valence electrons. The van der Waals surface area contributed by atoms with Crippen molar-refractivity contribution in [2.24, 2.45) is 0 Å². The summed E-state index contributed by atoms with van der Waals surface area (Å²) in [5, 5.41) is 26.5. The van der Waals surface area contributed by atoms with Crippen molar-refractivity contribution in [2.45, 2.75) is 56.1 Å². The number of ether oxygens (including phenoxy) is 3. The van der Waals surface area contributed by atoms with E-state index in [4.69, 9.17) is 14.2 Å². The third kappa shape index (κ3) is 3.32. The van der Waals surface area contributed by atoms with Crippen LogP contribution < -0.4 is 10.6 Å². The van der Waals surface area contributed by atoms with Crippen molar-refractivity contribution < 1.29 is 34.0 Å². The summed E-state index contributed by atoms with van der Waals surface area (Å²) in [4.78, 5) is 25.6. The van der Waals surface area contributed by atoms with Gasteiger partial charge in [-0.3, -0.25) is 9.59 Å². The maximum absolute atomic E-state index is 12.9. The molecule has 0 radical (unpaired) electrons. The Kier molecular flexibility index (Phi) is 5.19. The van der Waals surface area contributed by atoms with Crippen LogP contribution >= 0.6 is 22.6 Å². The molecule has 4 rings (SSSR count). The number of fused-ring (bicyclic) bond motifs is 5. The first-order valence-corrected chi connectivity index (χ1v) is 9.74. The summed E-state index contributed by atoms with van der Waals surface area (Å²) < 4.78 is 18.7. The van der Waals surface area contributed by atoms with Crippen molar-refractivity contribution in [1.29, 1.82) is 0 Å². The standard InChI is InChI=1S/C17H23IN2O7/c1-14(2)26-9-15(3,27-14)11(21)17-13(23)19-16(24,12(22)20-17)10(5-4-7-18)6-8-25-17/h4-5,7,11,21,24H,6,8-9H2,1-3H3,(H,19,23)(H,20,22)/b7-4+,10-5+/t11-,15-,16+,17-/m0/s1. The third-order valence-corrected chi connectivity index (χ3v) is 5.36. The van der Waals surface area contributed by atoms with Crippen molar-refractivity contribution in [2.75, 3.05) is 13.2 Å². The number of carbonyl (C=O) groups is 2. The highest BCUT2D eigenvalue weighted by Gasteiger charge is 2.65. The minimum absolute atomic E-state index is 0.00564. The van der Waals surface area contributed by atoms with Gasteiger partial charge < -0.3 is 35.1 Å². The number of aliphatic hydroxyl groups excluding tert-OH is 1. The van der Waals surface area contributed by atoms with E-state index in [2.05, 4.69) is 10.6 Å². The fourth-order valence-electron chi connectivity index (χ4n) is 3.59. The smallest absolute Gasteiger partial charge is 0.280 e. The number of hydrogen-bond donors (Lipinski definition) is 4. The van der Waals surface area contributed by atoms with E-state index >= 15 is 0 Å². The molecule has 0 unspecified atom stereocenters. The summed E-state index contributed by atoms with van der Waals surface area (Å²) >= 11 is 2.00. The molecule has 10 heteroatoms. The van der Waals surface area contributed by atoms with Crippen LogP contribution in [0.1, 0.15) is 27.2 Å². The number of halogens is 1. The summed E-state index contributed by atoms with van der Waals surface area (Å²) in [6.45, 7) is 4.91. The second kappa shape index (κ2) is 6.78. The lowest BCUT2D eigenvalue weighted by atomic mass is 9.84. The lowest BCUT2D eigenvalue weighted by Crippen LogP contribution is -2.82. The van der Waals surface area contributed by atoms with E-state index in [1.807, 2.05) is 22.6 Å². The second-order valence-electron chi connectivity index (χ2n) is 7.47. The molecule has 4 fully saturated rings. The number of piperazine rings is 1. The number of hydrogen-bond acceptors (Lipinski definition) is 7. The summed E-state index contributed by atoms with van der Waals surface area (Å²) in [5.41, 5.74) is -5.36. The molecule has 4 atom stereocenters. The Morgan fingerprint density at radius 2 is 1.89 bits per heavy atom. The highest BCUT2D eigenvalue weighted by molar-refractivity contribution is 14.1. The Labute approximate surface area is 170 Å². The van der Waals surface area contributed by atoms with Gasteiger partial charge in [0, 0.05) is 0 Å². The lowest BCUT2D eigenvalue weighted by molar-refractivity contribution is -0.240. The van der Waals surface area contributed by atoms with Gasteiger partial charge in [0.15, 0.2) is 5.79 Å². The highest BCUT2D eigenvalue weighted by Crippen LogP contribution is 2.40. The van der Waals surface area contributed by atoms with Gasteiger partial charge in [-0.25, -0.2) is 0 Å². The van der Waals surface area contributed by atoms with Gasteiger partial charge in [0.05, 0.1) is 13.2 Å². The average molecular weight is 494 g/mol. The molecule has 0 aromatic heterocycles. The van der Waals surface area contributed by atoms with Crippen molar-refractivity contribution >= 4 is 34.4 Å². The fraction of sp³-hybridized carbons (Fsp3) is 0.647. The molecule has 2 bridgehead atoms. The molecular weight excluding hydrogens is 471 g/mol. The number of rotatable bonds is 3. The first-order chi connectivity index (χ1) is 12.5. The Morgan fingerprint density at radius 3 is 2.48 bits per heavy atom. The average Bonchev–Trinajstić information content (AvgIpc) is 2.87. The Morgan fingerprint density at radius 1 is 1.19 bits per heavy atom. The molecule has 27 heavy (non-hydrogen) atoms. The molecule has 9 nitrogen and oxygen atoms in total. The highest BCUT2D eigenvalue weighted by atomic mass is 127. The van der Waals surface area contributed by atoms with Gasteiger partial charge in [-0.2, -0.15) is 0 Å². The van der Waals surface area contributed by atoms with Gasteiger partial charge >= 0.3 is 0 Å². The number of carbonyl (C=O) groups excluding carboxylic acids is 2. The molecule has 0 spiro atoms. The largest absolute Gasteiger partial charge is 0.384 e. The molecule has 4 aliphatic rings. The number of aliphatic hydroxyl groups is 2. The van der Waals surface area contributed by atoms with E-state index in [1.165, 1.54) is 0 Å². The zero-order chi connectivity index (χ0) is 20.1. The fourth-order valence-corrected chi connectivity index (χ4v) is 3.80.